The van der Waals surface area contributed by atoms with E-state index in [0.717, 1.165) is 5.56 Å². The zero-order valence-electron chi connectivity index (χ0n) is 10.0. The van der Waals surface area contributed by atoms with E-state index >= 15 is 0 Å². The van der Waals surface area contributed by atoms with Gasteiger partial charge in [0.1, 0.15) is 0 Å². The first-order valence-electron chi connectivity index (χ1n) is 5.39. The largest absolute Gasteiger partial charge is 0.399 e. The van der Waals surface area contributed by atoms with E-state index in [9.17, 15) is 9.59 Å². The topological polar surface area (TPSA) is 84.2 Å². The van der Waals surface area contributed by atoms with Crippen LogP contribution in [0, 0.1) is 6.92 Å². The Kier molecular flexibility index (Phi) is 4.51. The monoisotopic (exact) mass is 235 g/mol. The van der Waals surface area contributed by atoms with Gasteiger partial charge in [-0.2, -0.15) is 0 Å². The van der Waals surface area contributed by atoms with Crippen LogP contribution in [0.5, 0.6) is 0 Å². The number of nitrogens with two attached hydrogens (primary N) is 1. The Morgan fingerprint density at radius 3 is 2.47 bits per heavy atom. The second kappa shape index (κ2) is 5.89. The molecule has 0 aromatic heterocycles. The molecule has 0 saturated heterocycles. The molecule has 5 nitrogen and oxygen atoms in total. The maximum absolute atomic E-state index is 11.7. The Balaban J connectivity index is 2.47. The third-order valence-corrected chi connectivity index (χ3v) is 2.32. The maximum atomic E-state index is 11.7. The Bertz CT molecular complexity index is 430. The van der Waals surface area contributed by atoms with Crippen molar-refractivity contribution in [2.24, 2.45) is 0 Å². The Labute approximate surface area is 100 Å². The van der Waals surface area contributed by atoms with Crippen LogP contribution in [0.4, 0.5) is 5.69 Å². The van der Waals surface area contributed by atoms with Crippen LogP contribution in [0.1, 0.15) is 22.8 Å². The molecule has 92 valence electrons. The summed E-state index contributed by atoms with van der Waals surface area (Å²) in [5.41, 5.74) is 7.77. The standard InChI is InChI=1S/C12H17N3O2/c1-8-7-10(3-4-11(8)13)12(17)15-6-5-14-9(2)16/h3-4,7H,5-6,13H2,1-2H3,(H,14,16)(H,15,17). The highest BCUT2D eigenvalue weighted by Gasteiger charge is 2.05. The molecule has 1 aromatic carbocycles. The zero-order chi connectivity index (χ0) is 12.8. The van der Waals surface area contributed by atoms with Gasteiger partial charge in [-0.1, -0.05) is 0 Å². The molecule has 1 rings (SSSR count). The van der Waals surface area contributed by atoms with E-state index in [1.165, 1.54) is 6.92 Å². The van der Waals surface area contributed by atoms with Gasteiger partial charge >= 0.3 is 0 Å². The minimum Gasteiger partial charge on any atom is -0.399 e. The van der Waals surface area contributed by atoms with Crippen molar-refractivity contribution in [3.05, 3.63) is 29.3 Å². The third-order valence-electron chi connectivity index (χ3n) is 2.32. The number of aryl methyl sites for hydroxylation is 1. The van der Waals surface area contributed by atoms with Gasteiger partial charge in [0.2, 0.25) is 5.91 Å². The molecule has 2 amide bonds. The molecule has 1 aromatic rings. The fraction of sp³-hybridized carbons (Fsp3) is 0.333. The van der Waals surface area contributed by atoms with Crippen LogP contribution in [0.15, 0.2) is 18.2 Å². The molecule has 0 heterocycles. The van der Waals surface area contributed by atoms with Crippen molar-refractivity contribution in [1.82, 2.24) is 10.6 Å². The van der Waals surface area contributed by atoms with E-state index in [1.807, 2.05) is 6.92 Å². The molecule has 0 fully saturated rings. The number of nitrogens with one attached hydrogen (secondary N) is 2. The lowest BCUT2D eigenvalue weighted by atomic mass is 10.1. The zero-order valence-corrected chi connectivity index (χ0v) is 10.0. The molecule has 4 N–H and O–H groups in total. The number of anilines is 1. The molecule has 0 aliphatic rings. The van der Waals surface area contributed by atoms with Gasteiger partial charge in [-0.15, -0.1) is 0 Å². The fourth-order valence-corrected chi connectivity index (χ4v) is 1.33. The summed E-state index contributed by atoms with van der Waals surface area (Å²) < 4.78 is 0. The first-order chi connectivity index (χ1) is 8.00. The van der Waals surface area contributed by atoms with Crippen molar-refractivity contribution in [3.63, 3.8) is 0 Å². The number of nitrogen functional groups attached to an aromatic ring is 1. The van der Waals surface area contributed by atoms with Crippen molar-refractivity contribution in [3.8, 4) is 0 Å². The lowest BCUT2D eigenvalue weighted by Gasteiger charge is -2.07. The van der Waals surface area contributed by atoms with Crippen LogP contribution in [0.3, 0.4) is 0 Å². The van der Waals surface area contributed by atoms with E-state index in [4.69, 9.17) is 5.73 Å². The van der Waals surface area contributed by atoms with Crippen molar-refractivity contribution in [2.75, 3.05) is 18.8 Å². The van der Waals surface area contributed by atoms with Gasteiger partial charge in [0.05, 0.1) is 0 Å². The van der Waals surface area contributed by atoms with E-state index in [2.05, 4.69) is 10.6 Å². The number of hydrogen-bond donors (Lipinski definition) is 3. The van der Waals surface area contributed by atoms with Crippen molar-refractivity contribution in [1.29, 1.82) is 0 Å². The molecule has 0 radical (unpaired) electrons. The third kappa shape index (κ3) is 4.14. The second-order valence-corrected chi connectivity index (χ2v) is 3.81. The summed E-state index contributed by atoms with van der Waals surface area (Å²) in [6.07, 6.45) is 0. The number of amides is 2. The Morgan fingerprint density at radius 2 is 1.88 bits per heavy atom. The minimum atomic E-state index is -0.168. The molecule has 17 heavy (non-hydrogen) atoms. The first-order valence-corrected chi connectivity index (χ1v) is 5.39. The van der Waals surface area contributed by atoms with Crippen molar-refractivity contribution >= 4 is 17.5 Å². The Hall–Kier alpha value is -2.04. The molecular formula is C12H17N3O2. The van der Waals surface area contributed by atoms with E-state index < -0.39 is 0 Å². The summed E-state index contributed by atoms with van der Waals surface area (Å²) in [5, 5.41) is 5.31. The molecule has 0 aliphatic heterocycles. The summed E-state index contributed by atoms with van der Waals surface area (Å²) in [4.78, 5) is 22.3. The molecule has 0 bridgehead atoms. The van der Waals surface area contributed by atoms with Gasteiger partial charge in [-0.3, -0.25) is 9.59 Å². The van der Waals surface area contributed by atoms with Gasteiger partial charge < -0.3 is 16.4 Å². The highest BCUT2D eigenvalue weighted by Crippen LogP contribution is 2.12. The molecule has 0 unspecified atom stereocenters. The molecule has 0 atom stereocenters. The van der Waals surface area contributed by atoms with E-state index in [1.54, 1.807) is 18.2 Å². The average molecular weight is 235 g/mol. The normalized spacial score (nSPS) is 9.76. The van der Waals surface area contributed by atoms with Gasteiger partial charge in [0.15, 0.2) is 0 Å². The second-order valence-electron chi connectivity index (χ2n) is 3.81. The molecule has 0 spiro atoms. The number of hydrogen-bond acceptors (Lipinski definition) is 3. The predicted octanol–water partition coefficient (Wildman–Crippen LogP) is 0.443. The number of carbonyl (C=O) groups is 2. The van der Waals surface area contributed by atoms with Gasteiger partial charge in [-0.05, 0) is 30.7 Å². The molecular weight excluding hydrogens is 218 g/mol. The highest BCUT2D eigenvalue weighted by molar-refractivity contribution is 5.94. The van der Waals surface area contributed by atoms with Crippen LogP contribution in [0.2, 0.25) is 0 Å². The van der Waals surface area contributed by atoms with E-state index in [-0.39, 0.29) is 11.8 Å². The van der Waals surface area contributed by atoms with Crippen LogP contribution in [-0.2, 0) is 4.79 Å². The SMILES string of the molecule is CC(=O)NCCNC(=O)c1ccc(N)c(C)c1. The van der Waals surface area contributed by atoms with Crippen molar-refractivity contribution < 1.29 is 9.59 Å². The number of rotatable bonds is 4. The lowest BCUT2D eigenvalue weighted by molar-refractivity contribution is -0.118. The van der Waals surface area contributed by atoms with Crippen molar-refractivity contribution in [2.45, 2.75) is 13.8 Å². The summed E-state index contributed by atoms with van der Waals surface area (Å²) in [6, 6.07) is 5.12. The summed E-state index contributed by atoms with van der Waals surface area (Å²) in [5.74, 6) is -0.277. The molecule has 0 saturated carbocycles. The van der Waals surface area contributed by atoms with Crippen LogP contribution in [0.25, 0.3) is 0 Å². The summed E-state index contributed by atoms with van der Waals surface area (Å²) >= 11 is 0. The summed E-state index contributed by atoms with van der Waals surface area (Å²) in [7, 11) is 0. The predicted molar refractivity (Wildman–Crippen MR) is 66.6 cm³/mol. The summed E-state index contributed by atoms with van der Waals surface area (Å²) in [6.45, 7) is 4.12. The van der Waals surface area contributed by atoms with E-state index in [0.29, 0.717) is 24.3 Å². The Morgan fingerprint density at radius 1 is 1.24 bits per heavy atom. The number of benzene rings is 1. The smallest absolute Gasteiger partial charge is 0.251 e. The number of carbonyl (C=O) groups excluding carboxylic acids is 2. The maximum Gasteiger partial charge on any atom is 0.251 e. The first kappa shape index (κ1) is 13.0. The fourth-order valence-electron chi connectivity index (χ4n) is 1.33. The van der Waals surface area contributed by atoms with Crippen LogP contribution in [-0.4, -0.2) is 24.9 Å². The quantitative estimate of drug-likeness (QED) is 0.523. The van der Waals surface area contributed by atoms with Gasteiger partial charge in [-0.25, -0.2) is 0 Å². The van der Waals surface area contributed by atoms with Crippen LogP contribution >= 0.6 is 0 Å². The molecule has 0 aliphatic carbocycles. The highest BCUT2D eigenvalue weighted by atomic mass is 16.2. The average Bonchev–Trinajstić information content (AvgIpc) is 2.27. The van der Waals surface area contributed by atoms with Gasteiger partial charge in [0, 0.05) is 31.3 Å². The van der Waals surface area contributed by atoms with Crippen LogP contribution < -0.4 is 16.4 Å². The lowest BCUT2D eigenvalue weighted by Crippen LogP contribution is -2.33. The minimum absolute atomic E-state index is 0.109. The van der Waals surface area contributed by atoms with Gasteiger partial charge in [0.25, 0.3) is 5.91 Å². The molecule has 5 heteroatoms.